The zero-order valence-electron chi connectivity index (χ0n) is 22.1. The quantitative estimate of drug-likeness (QED) is 0.134. The van der Waals surface area contributed by atoms with E-state index >= 15 is 0 Å². The molecule has 0 amide bonds. The van der Waals surface area contributed by atoms with Gasteiger partial charge in [-0.05, 0) is 45.5 Å². The molecule has 1 aromatic heterocycles. The van der Waals surface area contributed by atoms with Crippen molar-refractivity contribution in [2.24, 2.45) is 7.05 Å². The van der Waals surface area contributed by atoms with E-state index in [-0.39, 0.29) is 5.41 Å². The van der Waals surface area contributed by atoms with Gasteiger partial charge in [0.15, 0.2) is 6.20 Å². The second kappa shape index (κ2) is 7.17. The van der Waals surface area contributed by atoms with E-state index in [4.69, 9.17) is 4.74 Å². The van der Waals surface area contributed by atoms with E-state index in [1.807, 2.05) is 0 Å². The van der Waals surface area contributed by atoms with Gasteiger partial charge in [-0.1, -0.05) is 88.1 Å². The Morgan fingerprint density at radius 3 is 2.17 bits per heavy atom. The molecule has 0 saturated carbocycles. The molecule has 2 heterocycles. The number of fused-ring (bicyclic) bond motifs is 5. The van der Waals surface area contributed by atoms with Crippen LogP contribution >= 0.6 is 0 Å². The number of benzene rings is 4. The highest BCUT2D eigenvalue weighted by molar-refractivity contribution is 6.90. The summed E-state index contributed by atoms with van der Waals surface area (Å²) in [5, 5.41) is 9.25. The van der Waals surface area contributed by atoms with Gasteiger partial charge in [0.1, 0.15) is 18.5 Å². The van der Waals surface area contributed by atoms with Crippen molar-refractivity contribution in [1.29, 1.82) is 0 Å². The fourth-order valence-corrected chi connectivity index (χ4v) is 7.75. The van der Waals surface area contributed by atoms with E-state index in [0.717, 1.165) is 11.5 Å². The lowest BCUT2D eigenvalue weighted by Gasteiger charge is -2.31. The fraction of sp³-hybridized carbons (Fsp3) is 0.281. The summed E-state index contributed by atoms with van der Waals surface area (Å²) in [6.45, 7) is 16.4. The minimum atomic E-state index is -1.55. The molecule has 5 aromatic rings. The summed E-state index contributed by atoms with van der Waals surface area (Å²) >= 11 is 0. The maximum atomic E-state index is 7.03. The average molecular weight is 477 g/mol. The van der Waals surface area contributed by atoms with Crippen LogP contribution in [0.1, 0.15) is 31.9 Å². The summed E-state index contributed by atoms with van der Waals surface area (Å²) in [6.07, 6.45) is 2.22. The summed E-state index contributed by atoms with van der Waals surface area (Å²) in [6, 6.07) is 20.3. The first-order chi connectivity index (χ1) is 16.5. The van der Waals surface area contributed by atoms with Gasteiger partial charge in [0.2, 0.25) is 5.69 Å². The molecule has 0 radical (unpaired) electrons. The van der Waals surface area contributed by atoms with Crippen molar-refractivity contribution in [2.45, 2.75) is 52.8 Å². The van der Waals surface area contributed by atoms with E-state index in [9.17, 15) is 0 Å². The molecule has 1 aliphatic rings. The Balaban J connectivity index is 1.85. The average Bonchev–Trinajstić information content (AvgIpc) is 2.78. The first-order valence-electron chi connectivity index (χ1n) is 12.6. The van der Waals surface area contributed by atoms with Crippen LogP contribution in [-0.2, 0) is 12.5 Å². The monoisotopic (exact) mass is 476 g/mol. The third-order valence-electron chi connectivity index (χ3n) is 7.68. The smallest absolute Gasteiger partial charge is 0.228 e. The number of nitrogens with zero attached hydrogens (tertiary/aromatic N) is 1. The van der Waals surface area contributed by atoms with E-state index in [1.54, 1.807) is 0 Å². The first-order valence-corrected chi connectivity index (χ1v) is 16.1. The molecule has 2 nitrogen and oxygen atoms in total. The Labute approximate surface area is 209 Å². The van der Waals surface area contributed by atoms with Gasteiger partial charge >= 0.3 is 0 Å². The van der Waals surface area contributed by atoms with Crippen molar-refractivity contribution < 1.29 is 9.30 Å². The molecule has 0 saturated heterocycles. The predicted molar refractivity (Wildman–Crippen MR) is 152 cm³/mol. The van der Waals surface area contributed by atoms with Gasteiger partial charge in [-0.15, -0.1) is 0 Å². The van der Waals surface area contributed by atoms with Gasteiger partial charge in [-0.2, -0.15) is 0 Å². The zero-order chi connectivity index (χ0) is 24.9. The topological polar surface area (TPSA) is 13.1 Å². The van der Waals surface area contributed by atoms with Crippen LogP contribution < -0.4 is 14.5 Å². The van der Waals surface area contributed by atoms with Crippen LogP contribution in [-0.4, -0.2) is 8.07 Å². The maximum Gasteiger partial charge on any atom is 0.228 e. The molecule has 0 bridgehead atoms. The van der Waals surface area contributed by atoms with Crippen molar-refractivity contribution in [3.05, 3.63) is 71.9 Å². The minimum Gasteiger partial charge on any atom is -0.455 e. The van der Waals surface area contributed by atoms with Gasteiger partial charge in [0.05, 0.1) is 19.0 Å². The molecule has 176 valence electrons. The SMILES string of the molecule is Cc1c2c(c(C(C)(C)C)c3ccccc13)Oc1cc3c([Si](C)(C)C)cccc3c3cc[n+](C)c-2c13. The Hall–Kier alpha value is -3.17. The molecule has 1 aliphatic heterocycles. The molecular formula is C32H34NOSi+. The predicted octanol–water partition coefficient (Wildman–Crippen LogP) is 7.89. The molecule has 6 rings (SSSR count). The van der Waals surface area contributed by atoms with Crippen LogP contribution in [0.5, 0.6) is 11.5 Å². The summed E-state index contributed by atoms with van der Waals surface area (Å²) in [5.74, 6) is 2.01. The van der Waals surface area contributed by atoms with Gasteiger partial charge in [-0.3, -0.25) is 0 Å². The number of pyridine rings is 1. The summed E-state index contributed by atoms with van der Waals surface area (Å²) in [5.41, 5.74) is 4.99. The Bertz CT molecular complexity index is 1700. The Morgan fingerprint density at radius 1 is 0.800 bits per heavy atom. The summed E-state index contributed by atoms with van der Waals surface area (Å²) in [4.78, 5) is 0. The van der Waals surface area contributed by atoms with Crippen molar-refractivity contribution in [2.75, 3.05) is 0 Å². The van der Waals surface area contributed by atoms with Gasteiger partial charge in [0.25, 0.3) is 0 Å². The molecule has 0 aliphatic carbocycles. The Kier molecular flexibility index (Phi) is 4.57. The van der Waals surface area contributed by atoms with Crippen molar-refractivity contribution in [3.8, 4) is 22.8 Å². The van der Waals surface area contributed by atoms with E-state index < -0.39 is 8.07 Å². The van der Waals surface area contributed by atoms with Crippen LogP contribution in [0.2, 0.25) is 19.6 Å². The molecular weight excluding hydrogens is 442 g/mol. The van der Waals surface area contributed by atoms with Crippen LogP contribution in [0, 0.1) is 6.92 Å². The molecule has 0 fully saturated rings. The fourth-order valence-electron chi connectivity index (χ4n) is 6.14. The summed E-state index contributed by atoms with van der Waals surface area (Å²) < 4.78 is 9.32. The van der Waals surface area contributed by atoms with Gasteiger partial charge < -0.3 is 4.74 Å². The van der Waals surface area contributed by atoms with Crippen LogP contribution in [0.3, 0.4) is 0 Å². The largest absolute Gasteiger partial charge is 0.455 e. The standard InChI is InChI=1S/C32H34NOSi/c1-19-20-12-9-10-13-23(20)29(32(2,3)4)31-27(19)30-28-22(16-17-33(30)5)21-14-11-15-26(35(6,7)8)24(21)18-25(28)34-31/h9-18H,1-8H3/q+1. The van der Waals surface area contributed by atoms with Crippen molar-refractivity contribution >= 4 is 45.6 Å². The summed E-state index contributed by atoms with van der Waals surface area (Å²) in [7, 11) is 0.623. The third kappa shape index (κ3) is 3.11. The van der Waals surface area contributed by atoms with E-state index in [1.165, 1.54) is 59.9 Å². The molecule has 0 unspecified atom stereocenters. The number of hydrogen-bond donors (Lipinski definition) is 0. The van der Waals surface area contributed by atoms with Crippen molar-refractivity contribution in [1.82, 2.24) is 0 Å². The lowest BCUT2D eigenvalue weighted by atomic mass is 9.78. The highest BCUT2D eigenvalue weighted by Gasteiger charge is 2.36. The zero-order valence-corrected chi connectivity index (χ0v) is 23.1. The maximum absolute atomic E-state index is 7.03. The normalized spacial score (nSPS) is 13.4. The highest BCUT2D eigenvalue weighted by Crippen LogP contribution is 2.54. The van der Waals surface area contributed by atoms with Crippen molar-refractivity contribution in [3.63, 3.8) is 0 Å². The molecule has 0 N–H and O–H groups in total. The number of hydrogen-bond acceptors (Lipinski definition) is 1. The molecule has 0 atom stereocenters. The number of aromatic nitrogens is 1. The Morgan fingerprint density at radius 2 is 1.49 bits per heavy atom. The van der Waals surface area contributed by atoms with Crippen LogP contribution in [0.4, 0.5) is 0 Å². The second-order valence-electron chi connectivity index (χ2n) is 12.2. The second-order valence-corrected chi connectivity index (χ2v) is 17.2. The number of rotatable bonds is 1. The van der Waals surface area contributed by atoms with E-state index in [2.05, 4.69) is 120 Å². The first kappa shape index (κ1) is 22.3. The van der Waals surface area contributed by atoms with Crippen LogP contribution in [0.25, 0.3) is 43.6 Å². The number of ether oxygens (including phenoxy) is 1. The highest BCUT2D eigenvalue weighted by atomic mass is 28.3. The number of aryl methyl sites for hydroxylation is 2. The molecule has 4 aromatic carbocycles. The van der Waals surface area contributed by atoms with Crippen LogP contribution in [0.15, 0.2) is 60.8 Å². The lowest BCUT2D eigenvalue weighted by Crippen LogP contribution is -2.38. The third-order valence-corrected chi connectivity index (χ3v) is 9.73. The molecule has 0 spiro atoms. The molecule has 3 heteroatoms. The van der Waals surface area contributed by atoms with Gasteiger partial charge in [0, 0.05) is 17.0 Å². The minimum absolute atomic E-state index is 0.0678. The van der Waals surface area contributed by atoms with E-state index in [0.29, 0.717) is 0 Å². The molecule has 35 heavy (non-hydrogen) atoms. The lowest BCUT2D eigenvalue weighted by molar-refractivity contribution is -0.659. The van der Waals surface area contributed by atoms with Gasteiger partial charge in [-0.25, -0.2) is 4.57 Å².